The van der Waals surface area contributed by atoms with Gasteiger partial charge in [0.1, 0.15) is 0 Å². The highest BCUT2D eigenvalue weighted by Gasteiger charge is 2.30. The Kier molecular flexibility index (Phi) is 2.92. The third kappa shape index (κ3) is 2.31. The summed E-state index contributed by atoms with van der Waals surface area (Å²) in [6.45, 7) is 3.21. The summed E-state index contributed by atoms with van der Waals surface area (Å²) in [5, 5.41) is 8.03. The molecule has 0 atom stereocenters. The largest absolute Gasteiger partial charge is 0.307 e. The molecule has 3 rings (SSSR count). The third-order valence-corrected chi connectivity index (χ3v) is 3.83. The molecular formula is C15H19N3. The van der Waals surface area contributed by atoms with Gasteiger partial charge in [0, 0.05) is 23.8 Å². The highest BCUT2D eigenvalue weighted by molar-refractivity contribution is 5.30. The molecular weight excluding hydrogens is 222 g/mol. The maximum absolute atomic E-state index is 4.41. The van der Waals surface area contributed by atoms with Crippen LogP contribution in [0.3, 0.4) is 0 Å². The normalized spacial score (nSPS) is 17.4. The van der Waals surface area contributed by atoms with Crippen molar-refractivity contribution >= 4 is 0 Å². The third-order valence-electron chi connectivity index (χ3n) is 3.83. The van der Waals surface area contributed by atoms with Crippen LogP contribution in [-0.4, -0.2) is 15.3 Å². The monoisotopic (exact) mass is 241 g/mol. The first-order valence-electron chi connectivity index (χ1n) is 6.59. The van der Waals surface area contributed by atoms with Crippen molar-refractivity contribution in [2.24, 2.45) is 0 Å². The van der Waals surface area contributed by atoms with Crippen molar-refractivity contribution in [3.63, 3.8) is 0 Å². The smallest absolute Gasteiger partial charge is 0.0645 e. The Labute approximate surface area is 108 Å². The quantitative estimate of drug-likeness (QED) is 0.892. The van der Waals surface area contributed by atoms with Gasteiger partial charge >= 0.3 is 0 Å². The van der Waals surface area contributed by atoms with Crippen LogP contribution >= 0.6 is 0 Å². The average Bonchev–Trinajstić information content (AvgIpc) is 2.84. The van der Waals surface area contributed by atoms with Crippen molar-refractivity contribution in [3.8, 4) is 5.69 Å². The molecule has 2 aromatic rings. The zero-order valence-corrected chi connectivity index (χ0v) is 10.8. The second-order valence-electron chi connectivity index (χ2n) is 5.40. The van der Waals surface area contributed by atoms with Gasteiger partial charge in [-0.25, -0.2) is 4.68 Å². The van der Waals surface area contributed by atoms with Gasteiger partial charge < -0.3 is 5.32 Å². The summed E-state index contributed by atoms with van der Waals surface area (Å²) in [7, 11) is 0. The SMILES string of the molecule is CC1(NCc2cnn(-c3ccccc3)c2)CCC1. The van der Waals surface area contributed by atoms with Crippen molar-refractivity contribution in [1.29, 1.82) is 0 Å². The number of benzene rings is 1. The topological polar surface area (TPSA) is 29.9 Å². The van der Waals surface area contributed by atoms with E-state index in [1.807, 2.05) is 29.1 Å². The Balaban J connectivity index is 1.66. The van der Waals surface area contributed by atoms with Crippen LogP contribution in [0.2, 0.25) is 0 Å². The van der Waals surface area contributed by atoms with E-state index in [1.165, 1.54) is 24.8 Å². The van der Waals surface area contributed by atoms with E-state index in [9.17, 15) is 0 Å². The minimum atomic E-state index is 0.356. The van der Waals surface area contributed by atoms with E-state index in [2.05, 4.69) is 35.7 Å². The predicted octanol–water partition coefficient (Wildman–Crippen LogP) is 2.90. The molecule has 1 fully saturated rings. The summed E-state index contributed by atoms with van der Waals surface area (Å²) in [6.07, 6.45) is 7.98. The zero-order chi connectivity index (χ0) is 12.4. The number of nitrogens with one attached hydrogen (secondary N) is 1. The maximum atomic E-state index is 4.41. The second kappa shape index (κ2) is 4.58. The van der Waals surface area contributed by atoms with Crippen LogP contribution < -0.4 is 5.32 Å². The Bertz CT molecular complexity index is 512. The number of aromatic nitrogens is 2. The van der Waals surface area contributed by atoms with E-state index in [4.69, 9.17) is 0 Å². The van der Waals surface area contributed by atoms with Crippen molar-refractivity contribution in [1.82, 2.24) is 15.1 Å². The minimum absolute atomic E-state index is 0.356. The van der Waals surface area contributed by atoms with Crippen LogP contribution in [0.25, 0.3) is 5.69 Å². The minimum Gasteiger partial charge on any atom is -0.307 e. The molecule has 0 aliphatic heterocycles. The fraction of sp³-hybridized carbons (Fsp3) is 0.400. The summed E-state index contributed by atoms with van der Waals surface area (Å²) in [6, 6.07) is 10.2. The van der Waals surface area contributed by atoms with Gasteiger partial charge in [0.25, 0.3) is 0 Å². The van der Waals surface area contributed by atoms with Gasteiger partial charge in [0.15, 0.2) is 0 Å². The van der Waals surface area contributed by atoms with E-state index in [-0.39, 0.29) is 0 Å². The Morgan fingerprint density at radius 1 is 1.28 bits per heavy atom. The molecule has 1 aromatic carbocycles. The van der Waals surface area contributed by atoms with Crippen LogP contribution in [0.5, 0.6) is 0 Å². The summed E-state index contributed by atoms with van der Waals surface area (Å²) < 4.78 is 1.93. The average molecular weight is 241 g/mol. The lowest BCUT2D eigenvalue weighted by Crippen LogP contribution is -2.47. The van der Waals surface area contributed by atoms with Gasteiger partial charge in [-0.05, 0) is 38.3 Å². The molecule has 0 amide bonds. The molecule has 0 unspecified atom stereocenters. The van der Waals surface area contributed by atoms with E-state index >= 15 is 0 Å². The number of hydrogen-bond acceptors (Lipinski definition) is 2. The Hall–Kier alpha value is -1.61. The van der Waals surface area contributed by atoms with Gasteiger partial charge in [-0.3, -0.25) is 0 Å². The van der Waals surface area contributed by atoms with Crippen molar-refractivity contribution in [2.45, 2.75) is 38.3 Å². The molecule has 1 saturated carbocycles. The summed E-state index contributed by atoms with van der Waals surface area (Å²) in [5.41, 5.74) is 2.71. The number of hydrogen-bond donors (Lipinski definition) is 1. The standard InChI is InChI=1S/C15H19N3/c1-15(8-5-9-15)16-10-13-11-17-18(12-13)14-6-3-2-4-7-14/h2-4,6-7,11-12,16H,5,8-10H2,1H3. The van der Waals surface area contributed by atoms with Crippen molar-refractivity contribution < 1.29 is 0 Å². The number of rotatable bonds is 4. The van der Waals surface area contributed by atoms with E-state index in [1.54, 1.807) is 0 Å². The summed E-state index contributed by atoms with van der Waals surface area (Å²) >= 11 is 0. The molecule has 0 radical (unpaired) electrons. The van der Waals surface area contributed by atoms with Crippen LogP contribution in [-0.2, 0) is 6.54 Å². The van der Waals surface area contributed by atoms with Crippen LogP contribution in [0.15, 0.2) is 42.7 Å². The van der Waals surface area contributed by atoms with Gasteiger partial charge in [-0.15, -0.1) is 0 Å². The van der Waals surface area contributed by atoms with Gasteiger partial charge in [-0.2, -0.15) is 5.10 Å². The van der Waals surface area contributed by atoms with E-state index < -0.39 is 0 Å². The predicted molar refractivity (Wildman–Crippen MR) is 72.7 cm³/mol. The first-order chi connectivity index (χ1) is 8.75. The van der Waals surface area contributed by atoms with Crippen LogP contribution in [0.4, 0.5) is 0 Å². The molecule has 0 spiro atoms. The summed E-state index contributed by atoms with van der Waals surface area (Å²) in [4.78, 5) is 0. The highest BCUT2D eigenvalue weighted by atomic mass is 15.3. The number of para-hydroxylation sites is 1. The molecule has 1 aromatic heterocycles. The molecule has 1 aliphatic rings. The molecule has 1 N–H and O–H groups in total. The molecule has 1 aliphatic carbocycles. The molecule has 0 bridgehead atoms. The molecule has 94 valence electrons. The maximum Gasteiger partial charge on any atom is 0.0645 e. The fourth-order valence-corrected chi connectivity index (χ4v) is 2.37. The molecule has 18 heavy (non-hydrogen) atoms. The molecule has 0 saturated heterocycles. The van der Waals surface area contributed by atoms with Crippen molar-refractivity contribution in [2.75, 3.05) is 0 Å². The summed E-state index contributed by atoms with van der Waals surface area (Å²) in [5.74, 6) is 0. The van der Waals surface area contributed by atoms with Gasteiger partial charge in [0.2, 0.25) is 0 Å². The lowest BCUT2D eigenvalue weighted by Gasteiger charge is -2.39. The fourth-order valence-electron chi connectivity index (χ4n) is 2.37. The van der Waals surface area contributed by atoms with Crippen LogP contribution in [0.1, 0.15) is 31.7 Å². The Morgan fingerprint density at radius 2 is 2.06 bits per heavy atom. The first kappa shape index (κ1) is 11.5. The lowest BCUT2D eigenvalue weighted by atomic mass is 9.78. The van der Waals surface area contributed by atoms with Gasteiger partial charge in [0.05, 0.1) is 11.9 Å². The molecule has 3 nitrogen and oxygen atoms in total. The second-order valence-corrected chi connectivity index (χ2v) is 5.40. The van der Waals surface area contributed by atoms with Crippen LogP contribution in [0, 0.1) is 0 Å². The molecule has 1 heterocycles. The zero-order valence-electron chi connectivity index (χ0n) is 10.8. The lowest BCUT2D eigenvalue weighted by molar-refractivity contribution is 0.207. The highest BCUT2D eigenvalue weighted by Crippen LogP contribution is 2.31. The number of nitrogens with zero attached hydrogens (tertiary/aromatic N) is 2. The Morgan fingerprint density at radius 3 is 2.72 bits per heavy atom. The molecule has 3 heteroatoms. The van der Waals surface area contributed by atoms with E-state index in [0.29, 0.717) is 5.54 Å². The van der Waals surface area contributed by atoms with Crippen molar-refractivity contribution in [3.05, 3.63) is 48.3 Å². The first-order valence-corrected chi connectivity index (χ1v) is 6.59. The van der Waals surface area contributed by atoms with E-state index in [0.717, 1.165) is 12.2 Å². The van der Waals surface area contributed by atoms with Gasteiger partial charge in [-0.1, -0.05) is 18.2 Å².